The average molecular weight is 355 g/mol. The van der Waals surface area contributed by atoms with E-state index in [1.807, 2.05) is 0 Å². The van der Waals surface area contributed by atoms with Crippen LogP contribution in [0.4, 0.5) is 0 Å². The van der Waals surface area contributed by atoms with E-state index in [-0.39, 0.29) is 5.41 Å². The highest BCUT2D eigenvalue weighted by atomic mass is 32.1. The van der Waals surface area contributed by atoms with Crippen LogP contribution in [0.5, 0.6) is 0 Å². The Morgan fingerprint density at radius 3 is 2.44 bits per heavy atom. The van der Waals surface area contributed by atoms with E-state index in [9.17, 15) is 0 Å². The van der Waals surface area contributed by atoms with E-state index in [1.54, 1.807) is 0 Å². The summed E-state index contributed by atoms with van der Waals surface area (Å²) < 4.78 is 5.50. The number of nitrogens with two attached hydrogens (primary N) is 1. The lowest BCUT2D eigenvalue weighted by Crippen LogP contribution is -2.11. The first-order chi connectivity index (χ1) is 12.1. The van der Waals surface area contributed by atoms with Crippen molar-refractivity contribution >= 4 is 11.3 Å². The molecule has 1 aliphatic carbocycles. The van der Waals surface area contributed by atoms with Crippen molar-refractivity contribution in [3.8, 4) is 0 Å². The van der Waals surface area contributed by atoms with E-state index < -0.39 is 0 Å². The van der Waals surface area contributed by atoms with Gasteiger partial charge >= 0.3 is 0 Å². The molecule has 1 fully saturated rings. The smallest absolute Gasteiger partial charge is 0.227 e. The molecule has 7 heteroatoms. The highest BCUT2D eigenvalue weighted by Gasteiger charge is 2.50. The molecule has 2 heterocycles. The minimum Gasteiger partial charge on any atom is -0.339 e. The van der Waals surface area contributed by atoms with Crippen molar-refractivity contribution in [2.45, 2.75) is 51.5 Å². The van der Waals surface area contributed by atoms with E-state index in [1.165, 1.54) is 28.0 Å². The first-order valence-electron chi connectivity index (χ1n) is 8.52. The van der Waals surface area contributed by atoms with Crippen LogP contribution in [-0.2, 0) is 24.8 Å². The van der Waals surface area contributed by atoms with Crippen LogP contribution in [-0.4, -0.2) is 20.3 Å². The molecule has 0 unspecified atom stereocenters. The first kappa shape index (κ1) is 16.4. The molecule has 130 valence electrons. The van der Waals surface area contributed by atoms with Gasteiger partial charge in [-0.15, -0.1) is 21.5 Å². The molecule has 3 aromatic rings. The average Bonchev–Trinajstić information content (AvgIpc) is 3.04. The fraction of sp³-hybridized carbons (Fsp3) is 0.444. The Hall–Kier alpha value is -2.12. The third-order valence-corrected chi connectivity index (χ3v) is 5.66. The third-order valence-electron chi connectivity index (χ3n) is 4.66. The molecule has 1 aromatic carbocycles. The number of nitrogens with zero attached hydrogens (tertiary/aromatic N) is 4. The van der Waals surface area contributed by atoms with Crippen LogP contribution >= 0.6 is 11.3 Å². The Balaban J connectivity index is 1.50. The number of aromatic nitrogens is 4. The maximum atomic E-state index is 5.57. The molecule has 0 radical (unpaired) electrons. The standard InChI is InChI=1S/C18H21N5OS/c1-11-7-12(2)9-13(8-11)18(5-6-18)17-20-14(24-23-17)3-4-15-21-22-16(10-19)25-15/h7-9H,3-6,10,19H2,1-2H3. The van der Waals surface area contributed by atoms with Gasteiger partial charge in [0.2, 0.25) is 5.89 Å². The zero-order valence-electron chi connectivity index (χ0n) is 14.5. The quantitative estimate of drug-likeness (QED) is 0.731. The molecule has 6 nitrogen and oxygen atoms in total. The molecule has 0 amide bonds. The zero-order valence-corrected chi connectivity index (χ0v) is 15.3. The van der Waals surface area contributed by atoms with E-state index in [0.29, 0.717) is 18.9 Å². The summed E-state index contributed by atoms with van der Waals surface area (Å²) in [5.41, 5.74) is 9.36. The van der Waals surface area contributed by atoms with Crippen LogP contribution in [0.1, 0.15) is 51.3 Å². The van der Waals surface area contributed by atoms with Crippen molar-refractivity contribution in [2.24, 2.45) is 5.73 Å². The lowest BCUT2D eigenvalue weighted by molar-refractivity contribution is 0.370. The monoisotopic (exact) mass is 355 g/mol. The van der Waals surface area contributed by atoms with Crippen molar-refractivity contribution in [3.63, 3.8) is 0 Å². The predicted molar refractivity (Wildman–Crippen MR) is 95.4 cm³/mol. The summed E-state index contributed by atoms with van der Waals surface area (Å²) in [6.45, 7) is 4.69. The molecular weight excluding hydrogens is 334 g/mol. The second-order valence-electron chi connectivity index (χ2n) is 6.76. The Kier molecular flexibility index (Phi) is 4.13. The fourth-order valence-electron chi connectivity index (χ4n) is 3.25. The second-order valence-corrected chi connectivity index (χ2v) is 7.91. The van der Waals surface area contributed by atoms with E-state index in [2.05, 4.69) is 52.4 Å². The van der Waals surface area contributed by atoms with Crippen molar-refractivity contribution in [1.82, 2.24) is 20.3 Å². The summed E-state index contributed by atoms with van der Waals surface area (Å²) >= 11 is 1.54. The number of benzene rings is 1. The molecule has 0 atom stereocenters. The van der Waals surface area contributed by atoms with Gasteiger partial charge in [0, 0.05) is 19.4 Å². The van der Waals surface area contributed by atoms with Crippen LogP contribution in [0.25, 0.3) is 0 Å². The summed E-state index contributed by atoms with van der Waals surface area (Å²) in [5, 5.41) is 14.3. The second kappa shape index (κ2) is 6.31. The number of rotatable bonds is 6. The van der Waals surface area contributed by atoms with Gasteiger partial charge in [0.25, 0.3) is 0 Å². The molecule has 1 saturated carbocycles. The highest BCUT2D eigenvalue weighted by molar-refractivity contribution is 7.11. The van der Waals surface area contributed by atoms with Gasteiger partial charge in [0.15, 0.2) is 5.82 Å². The Morgan fingerprint density at radius 1 is 1.08 bits per heavy atom. The summed E-state index contributed by atoms with van der Waals surface area (Å²) in [6.07, 6.45) is 3.57. The summed E-state index contributed by atoms with van der Waals surface area (Å²) in [7, 11) is 0. The minimum atomic E-state index is -0.0615. The van der Waals surface area contributed by atoms with Crippen LogP contribution in [0.2, 0.25) is 0 Å². The minimum absolute atomic E-state index is 0.0615. The molecule has 1 aliphatic rings. The maximum Gasteiger partial charge on any atom is 0.227 e. The van der Waals surface area contributed by atoms with Crippen molar-refractivity contribution in [3.05, 3.63) is 56.6 Å². The fourth-order valence-corrected chi connectivity index (χ4v) is 3.98. The Morgan fingerprint density at radius 2 is 1.80 bits per heavy atom. The maximum absolute atomic E-state index is 5.57. The lowest BCUT2D eigenvalue weighted by atomic mass is 9.92. The van der Waals surface area contributed by atoms with E-state index in [4.69, 9.17) is 10.3 Å². The molecule has 0 aliphatic heterocycles. The molecule has 2 N–H and O–H groups in total. The van der Waals surface area contributed by atoms with Gasteiger partial charge in [-0.05, 0) is 32.3 Å². The van der Waals surface area contributed by atoms with Gasteiger partial charge in [-0.3, -0.25) is 0 Å². The normalized spacial score (nSPS) is 15.5. The van der Waals surface area contributed by atoms with Gasteiger partial charge in [-0.25, -0.2) is 0 Å². The lowest BCUT2D eigenvalue weighted by Gasteiger charge is -2.13. The van der Waals surface area contributed by atoms with Gasteiger partial charge in [0.05, 0.1) is 5.41 Å². The van der Waals surface area contributed by atoms with Crippen molar-refractivity contribution in [2.75, 3.05) is 0 Å². The topological polar surface area (TPSA) is 90.7 Å². The van der Waals surface area contributed by atoms with Gasteiger partial charge in [-0.2, -0.15) is 4.98 Å². The largest absolute Gasteiger partial charge is 0.339 e. The van der Waals surface area contributed by atoms with Crippen LogP contribution in [0.3, 0.4) is 0 Å². The summed E-state index contributed by atoms with van der Waals surface area (Å²) in [6, 6.07) is 6.68. The molecule has 4 rings (SSSR count). The summed E-state index contributed by atoms with van der Waals surface area (Å²) in [4.78, 5) is 4.68. The van der Waals surface area contributed by atoms with E-state index in [0.717, 1.165) is 35.1 Å². The zero-order chi connectivity index (χ0) is 17.4. The van der Waals surface area contributed by atoms with Crippen molar-refractivity contribution in [1.29, 1.82) is 0 Å². The van der Waals surface area contributed by atoms with Crippen LogP contribution in [0, 0.1) is 13.8 Å². The van der Waals surface area contributed by atoms with Crippen LogP contribution < -0.4 is 5.73 Å². The SMILES string of the molecule is Cc1cc(C)cc(C2(c3noc(CCc4nnc(CN)s4)n3)CC2)c1. The molecule has 0 spiro atoms. The molecule has 2 aromatic heterocycles. The number of aryl methyl sites for hydroxylation is 4. The number of hydrogen-bond acceptors (Lipinski definition) is 7. The Bertz CT molecular complexity index is 876. The highest BCUT2D eigenvalue weighted by Crippen LogP contribution is 2.52. The first-order valence-corrected chi connectivity index (χ1v) is 9.34. The van der Waals surface area contributed by atoms with E-state index >= 15 is 0 Å². The van der Waals surface area contributed by atoms with Gasteiger partial charge in [-0.1, -0.05) is 34.5 Å². The van der Waals surface area contributed by atoms with Crippen LogP contribution in [0.15, 0.2) is 22.7 Å². The van der Waals surface area contributed by atoms with Gasteiger partial charge < -0.3 is 10.3 Å². The molecule has 0 saturated heterocycles. The van der Waals surface area contributed by atoms with Crippen molar-refractivity contribution < 1.29 is 4.52 Å². The Labute approximate surface area is 150 Å². The summed E-state index contributed by atoms with van der Waals surface area (Å²) in [5.74, 6) is 1.47. The molecular formula is C18H21N5OS. The predicted octanol–water partition coefficient (Wildman–Crippen LogP) is 2.86. The molecule has 0 bridgehead atoms. The third kappa shape index (κ3) is 3.21. The molecule has 25 heavy (non-hydrogen) atoms. The van der Waals surface area contributed by atoms with Gasteiger partial charge in [0.1, 0.15) is 10.0 Å². The number of hydrogen-bond donors (Lipinski definition) is 1.